The highest BCUT2D eigenvalue weighted by Gasteiger charge is 2.35. The minimum Gasteiger partial charge on any atom is -0.365 e. The molecule has 2 aromatic carbocycles. The number of amides is 1. The first-order valence-electron chi connectivity index (χ1n) is 8.75. The van der Waals surface area contributed by atoms with Crippen molar-refractivity contribution in [2.75, 3.05) is 18.5 Å². The molecule has 1 fully saturated rings. The molecule has 1 aliphatic heterocycles. The Hall–Kier alpha value is -2.98. The van der Waals surface area contributed by atoms with Gasteiger partial charge in [-0.2, -0.15) is 13.2 Å². The van der Waals surface area contributed by atoms with E-state index in [0.29, 0.717) is 12.1 Å². The quantitative estimate of drug-likeness (QED) is 0.595. The fourth-order valence-corrected chi connectivity index (χ4v) is 3.15. The molecule has 154 valence electrons. The van der Waals surface area contributed by atoms with Crippen LogP contribution in [0.25, 0.3) is 0 Å². The maximum atomic E-state index is 13.1. The number of halogens is 3. The number of anilines is 1. The summed E-state index contributed by atoms with van der Waals surface area (Å²) in [5, 5.41) is 16.4. The number of carbonyl (C=O) groups is 1. The van der Waals surface area contributed by atoms with Crippen molar-refractivity contribution in [2.45, 2.75) is 25.2 Å². The van der Waals surface area contributed by atoms with E-state index >= 15 is 0 Å². The Morgan fingerprint density at radius 2 is 1.93 bits per heavy atom. The van der Waals surface area contributed by atoms with Gasteiger partial charge in [0.2, 0.25) is 0 Å². The van der Waals surface area contributed by atoms with Crippen LogP contribution in [0.1, 0.15) is 22.7 Å². The van der Waals surface area contributed by atoms with Crippen molar-refractivity contribution in [2.24, 2.45) is 0 Å². The van der Waals surface area contributed by atoms with E-state index in [4.69, 9.17) is 4.74 Å². The van der Waals surface area contributed by atoms with Crippen LogP contribution in [0.2, 0.25) is 0 Å². The number of ether oxygens (including phenoxy) is 1. The van der Waals surface area contributed by atoms with Gasteiger partial charge < -0.3 is 15.4 Å². The molecule has 7 nitrogen and oxygen atoms in total. The highest BCUT2D eigenvalue weighted by Crippen LogP contribution is 2.34. The second kappa shape index (κ2) is 8.18. The van der Waals surface area contributed by atoms with E-state index in [9.17, 15) is 28.1 Å². The Bertz CT molecular complexity index is 916. The van der Waals surface area contributed by atoms with Crippen molar-refractivity contribution in [3.63, 3.8) is 0 Å². The zero-order valence-electron chi connectivity index (χ0n) is 15.3. The van der Waals surface area contributed by atoms with Crippen molar-refractivity contribution < 1.29 is 27.6 Å². The summed E-state index contributed by atoms with van der Waals surface area (Å²) in [6, 6.07) is 8.61. The van der Waals surface area contributed by atoms with Gasteiger partial charge in [0, 0.05) is 24.4 Å². The van der Waals surface area contributed by atoms with Crippen molar-refractivity contribution in [1.82, 2.24) is 5.32 Å². The van der Waals surface area contributed by atoms with Gasteiger partial charge in [0.1, 0.15) is 0 Å². The number of hydrogen-bond donors (Lipinski definition) is 2. The molecule has 0 saturated carbocycles. The normalized spacial score (nSPS) is 19.6. The Morgan fingerprint density at radius 3 is 2.55 bits per heavy atom. The van der Waals surface area contributed by atoms with Crippen LogP contribution >= 0.6 is 0 Å². The average Bonchev–Trinajstić information content (AvgIpc) is 2.68. The van der Waals surface area contributed by atoms with Crippen LogP contribution in [0.15, 0.2) is 42.5 Å². The molecule has 2 atom stereocenters. The first kappa shape index (κ1) is 20.7. The van der Waals surface area contributed by atoms with E-state index in [-0.39, 0.29) is 23.5 Å². The molecule has 1 aliphatic rings. The number of nitro groups is 1. The van der Waals surface area contributed by atoms with Gasteiger partial charge >= 0.3 is 6.18 Å². The van der Waals surface area contributed by atoms with E-state index in [1.54, 1.807) is 0 Å². The molecule has 0 spiro atoms. The van der Waals surface area contributed by atoms with Gasteiger partial charge in [0.05, 0.1) is 23.1 Å². The predicted molar refractivity (Wildman–Crippen MR) is 98.4 cm³/mol. The molecule has 0 bridgehead atoms. The molecule has 3 rings (SSSR count). The largest absolute Gasteiger partial charge is 0.416 e. The molecule has 2 aromatic rings. The Labute approximate surface area is 164 Å². The van der Waals surface area contributed by atoms with E-state index in [1.165, 1.54) is 43.3 Å². The van der Waals surface area contributed by atoms with Crippen molar-refractivity contribution in [1.29, 1.82) is 0 Å². The summed E-state index contributed by atoms with van der Waals surface area (Å²) < 4.78 is 44.8. The topological polar surface area (TPSA) is 93.5 Å². The molecule has 1 amide bonds. The molecule has 1 heterocycles. The minimum atomic E-state index is -4.53. The smallest absolute Gasteiger partial charge is 0.365 e. The summed E-state index contributed by atoms with van der Waals surface area (Å²) in [7, 11) is 0. The number of carbonyl (C=O) groups excluding carboxylic acids is 1. The van der Waals surface area contributed by atoms with Gasteiger partial charge in [0.15, 0.2) is 6.10 Å². The van der Waals surface area contributed by atoms with Crippen LogP contribution in [-0.4, -0.2) is 30.1 Å². The Balaban J connectivity index is 1.80. The van der Waals surface area contributed by atoms with Gasteiger partial charge in [-0.1, -0.05) is 18.2 Å². The van der Waals surface area contributed by atoms with Gasteiger partial charge in [-0.3, -0.25) is 14.9 Å². The molecule has 29 heavy (non-hydrogen) atoms. The van der Waals surface area contributed by atoms with E-state index < -0.39 is 34.7 Å². The molecule has 0 aromatic heterocycles. The van der Waals surface area contributed by atoms with Crippen molar-refractivity contribution in [3.8, 4) is 0 Å². The lowest BCUT2D eigenvalue weighted by atomic mass is 9.98. The number of rotatable bonds is 4. The number of aryl methyl sites for hydroxylation is 1. The lowest BCUT2D eigenvalue weighted by Crippen LogP contribution is -2.48. The molecule has 0 radical (unpaired) electrons. The van der Waals surface area contributed by atoms with Crippen molar-refractivity contribution in [3.05, 3.63) is 69.3 Å². The van der Waals surface area contributed by atoms with Crippen LogP contribution in [0, 0.1) is 17.0 Å². The zero-order valence-corrected chi connectivity index (χ0v) is 15.3. The predicted octanol–water partition coefficient (Wildman–Crippen LogP) is 3.59. The van der Waals surface area contributed by atoms with Crippen LogP contribution in [-0.2, 0) is 15.7 Å². The molecular formula is C19H18F3N3O4. The maximum absolute atomic E-state index is 13.1. The van der Waals surface area contributed by atoms with Crippen LogP contribution < -0.4 is 10.6 Å². The van der Waals surface area contributed by atoms with Crippen LogP contribution in [0.3, 0.4) is 0 Å². The van der Waals surface area contributed by atoms with E-state index in [2.05, 4.69) is 10.6 Å². The zero-order chi connectivity index (χ0) is 21.2. The number of nitrogens with zero attached hydrogens (tertiary/aromatic N) is 1. The Kier molecular flexibility index (Phi) is 5.85. The molecule has 10 heteroatoms. The summed E-state index contributed by atoms with van der Waals surface area (Å²) in [5.74, 6) is -0.613. The number of benzene rings is 2. The fourth-order valence-electron chi connectivity index (χ4n) is 3.15. The average molecular weight is 409 g/mol. The summed E-state index contributed by atoms with van der Waals surface area (Å²) >= 11 is 0. The second-order valence-corrected chi connectivity index (χ2v) is 6.59. The number of morpholine rings is 1. The summed E-state index contributed by atoms with van der Waals surface area (Å²) in [6.45, 7) is 2.03. The number of non-ortho nitro benzene ring substituents is 1. The molecule has 2 N–H and O–H groups in total. The number of nitro benzene ring substituents is 1. The summed E-state index contributed by atoms with van der Waals surface area (Å²) in [4.78, 5) is 23.0. The van der Waals surface area contributed by atoms with E-state index in [1.807, 2.05) is 0 Å². The van der Waals surface area contributed by atoms with Gasteiger partial charge in [0.25, 0.3) is 11.6 Å². The molecule has 0 aliphatic carbocycles. The lowest BCUT2D eigenvalue weighted by molar-refractivity contribution is -0.384. The summed E-state index contributed by atoms with van der Waals surface area (Å²) in [6.07, 6.45) is -5.55. The molecule has 2 unspecified atom stereocenters. The van der Waals surface area contributed by atoms with Gasteiger partial charge in [-0.15, -0.1) is 0 Å². The number of alkyl halides is 3. The third-order valence-electron chi connectivity index (χ3n) is 4.60. The number of hydrogen-bond acceptors (Lipinski definition) is 5. The fraction of sp³-hybridized carbons (Fsp3) is 0.316. The number of nitrogens with one attached hydrogen (secondary N) is 2. The van der Waals surface area contributed by atoms with E-state index in [0.717, 1.165) is 6.07 Å². The third-order valence-corrected chi connectivity index (χ3v) is 4.60. The monoisotopic (exact) mass is 409 g/mol. The molecule has 1 saturated heterocycles. The lowest BCUT2D eigenvalue weighted by Gasteiger charge is -2.32. The standard InChI is InChI=1S/C19H18F3N3O4/c1-11-2-5-13(10-15(11)19(20,21)22)24-18(26)17-16(23-8-9-29-17)12-3-6-14(7-4-12)25(27)28/h2-7,10,16-17,23H,8-9H2,1H3,(H,24,26). The first-order chi connectivity index (χ1) is 13.7. The third kappa shape index (κ3) is 4.72. The highest BCUT2D eigenvalue weighted by molar-refractivity contribution is 5.95. The highest BCUT2D eigenvalue weighted by atomic mass is 19.4. The molecular weight excluding hydrogens is 391 g/mol. The maximum Gasteiger partial charge on any atom is 0.416 e. The second-order valence-electron chi connectivity index (χ2n) is 6.59. The minimum absolute atomic E-state index is 0.00421. The van der Waals surface area contributed by atoms with Crippen LogP contribution in [0.4, 0.5) is 24.5 Å². The van der Waals surface area contributed by atoms with Crippen molar-refractivity contribution >= 4 is 17.3 Å². The SMILES string of the molecule is Cc1ccc(NC(=O)C2OCCNC2c2ccc([N+](=O)[O-])cc2)cc1C(F)(F)F. The van der Waals surface area contributed by atoms with Gasteiger partial charge in [-0.25, -0.2) is 0 Å². The van der Waals surface area contributed by atoms with Gasteiger partial charge in [-0.05, 0) is 30.2 Å². The summed E-state index contributed by atoms with van der Waals surface area (Å²) in [5.41, 5.74) is -0.273. The van der Waals surface area contributed by atoms with Crippen LogP contribution in [0.5, 0.6) is 0 Å². The first-order valence-corrected chi connectivity index (χ1v) is 8.75. The Morgan fingerprint density at radius 1 is 1.24 bits per heavy atom.